The molecule has 0 heterocycles. The topological polar surface area (TPSA) is 88.1 Å². The lowest BCUT2D eigenvalue weighted by Gasteiger charge is -2.29. The SMILES string of the molecule is C=C(C)C(=O)OCC[Si](CCOC(=O)C(=C)C)(CCOC(=O)C(=C)C)OC. The van der Waals surface area contributed by atoms with Crippen LogP contribution in [0.2, 0.25) is 18.1 Å². The fourth-order valence-electron chi connectivity index (χ4n) is 2.04. The first-order valence-corrected chi connectivity index (χ1v) is 11.1. The zero-order valence-electron chi connectivity index (χ0n) is 16.7. The van der Waals surface area contributed by atoms with Crippen LogP contribution in [0.5, 0.6) is 0 Å². The van der Waals surface area contributed by atoms with E-state index in [1.165, 1.54) is 0 Å². The highest BCUT2D eigenvalue weighted by Crippen LogP contribution is 2.23. The highest BCUT2D eigenvalue weighted by molar-refractivity contribution is 6.74. The minimum atomic E-state index is -2.49. The molecule has 0 fully saturated rings. The highest BCUT2D eigenvalue weighted by atomic mass is 28.4. The molecule has 0 N–H and O–H groups in total. The first-order valence-electron chi connectivity index (χ1n) is 8.57. The summed E-state index contributed by atoms with van der Waals surface area (Å²) < 4.78 is 21.3. The normalized spacial score (nSPS) is 10.7. The Balaban J connectivity index is 4.89. The van der Waals surface area contributed by atoms with Crippen LogP contribution < -0.4 is 0 Å². The Hall–Kier alpha value is -2.19. The molecule has 0 aliphatic carbocycles. The van der Waals surface area contributed by atoms with Gasteiger partial charge in [0.15, 0.2) is 0 Å². The van der Waals surface area contributed by atoms with Crippen molar-refractivity contribution in [1.29, 1.82) is 0 Å². The predicted octanol–water partition coefficient (Wildman–Crippen LogP) is 2.94. The lowest BCUT2D eigenvalue weighted by atomic mass is 10.4. The summed E-state index contributed by atoms with van der Waals surface area (Å²) in [4.78, 5) is 34.7. The molecule has 0 spiro atoms. The summed E-state index contributed by atoms with van der Waals surface area (Å²) in [7, 11) is -0.932. The van der Waals surface area contributed by atoms with E-state index in [-0.39, 0.29) is 19.8 Å². The molecule has 8 heteroatoms. The minimum absolute atomic E-state index is 0.147. The van der Waals surface area contributed by atoms with Crippen LogP contribution in [0.3, 0.4) is 0 Å². The van der Waals surface area contributed by atoms with Crippen molar-refractivity contribution in [3.05, 3.63) is 36.5 Å². The Morgan fingerprint density at radius 3 is 1.11 bits per heavy atom. The van der Waals surface area contributed by atoms with Gasteiger partial charge in [-0.05, 0) is 20.8 Å². The molecule has 0 bridgehead atoms. The zero-order valence-corrected chi connectivity index (χ0v) is 17.7. The van der Waals surface area contributed by atoms with E-state index in [1.807, 2.05) is 0 Å². The van der Waals surface area contributed by atoms with E-state index in [2.05, 4.69) is 19.7 Å². The van der Waals surface area contributed by atoms with Gasteiger partial charge in [-0.2, -0.15) is 0 Å². The molecule has 152 valence electrons. The Kier molecular flexibility index (Phi) is 11.2. The van der Waals surface area contributed by atoms with Gasteiger partial charge in [0.1, 0.15) is 0 Å². The number of esters is 3. The Morgan fingerprint density at radius 2 is 0.926 bits per heavy atom. The van der Waals surface area contributed by atoms with E-state index in [0.717, 1.165) is 0 Å². The van der Waals surface area contributed by atoms with Gasteiger partial charge in [-0.25, -0.2) is 14.4 Å². The van der Waals surface area contributed by atoms with Gasteiger partial charge < -0.3 is 18.6 Å². The highest BCUT2D eigenvalue weighted by Gasteiger charge is 2.35. The first-order chi connectivity index (χ1) is 12.5. The summed E-state index contributed by atoms with van der Waals surface area (Å²) in [6, 6.07) is 1.41. The standard InChI is InChI=1S/C19H30O7Si/c1-14(2)17(20)24-8-11-27(23-7,12-9-25-18(21)15(3)4)13-10-26-19(22)16(5)6/h1,3,5,8-13H2,2,4,6-7H3. The Labute approximate surface area is 162 Å². The van der Waals surface area contributed by atoms with Crippen molar-refractivity contribution in [2.45, 2.75) is 38.9 Å². The van der Waals surface area contributed by atoms with Crippen molar-refractivity contribution in [3.8, 4) is 0 Å². The molecule has 0 radical (unpaired) electrons. The second-order valence-corrected chi connectivity index (χ2v) is 10.7. The summed E-state index contributed by atoms with van der Waals surface area (Å²) in [6.45, 7) is 15.7. The third kappa shape index (κ3) is 9.91. The van der Waals surface area contributed by atoms with Gasteiger partial charge in [0.05, 0.1) is 19.8 Å². The van der Waals surface area contributed by atoms with Crippen molar-refractivity contribution in [3.63, 3.8) is 0 Å². The lowest BCUT2D eigenvalue weighted by molar-refractivity contribution is -0.139. The summed E-state index contributed by atoms with van der Waals surface area (Å²) in [5.41, 5.74) is 0.932. The van der Waals surface area contributed by atoms with E-state index >= 15 is 0 Å². The minimum Gasteiger partial charge on any atom is -0.463 e. The average molecular weight is 399 g/mol. The van der Waals surface area contributed by atoms with Gasteiger partial charge in [0.25, 0.3) is 0 Å². The number of hydrogen-bond donors (Lipinski definition) is 0. The van der Waals surface area contributed by atoms with Gasteiger partial charge in [-0.3, -0.25) is 0 Å². The Bertz CT molecular complexity index is 516. The summed E-state index contributed by atoms with van der Waals surface area (Å²) in [6.07, 6.45) is 0. The number of carbonyl (C=O) groups is 3. The third-order valence-corrected chi connectivity index (χ3v) is 8.06. The maximum atomic E-state index is 11.6. The Morgan fingerprint density at radius 1 is 0.667 bits per heavy atom. The molecule has 0 aromatic heterocycles. The molecule has 0 amide bonds. The van der Waals surface area contributed by atoms with Crippen LogP contribution in [-0.2, 0) is 33.0 Å². The predicted molar refractivity (Wildman–Crippen MR) is 105 cm³/mol. The van der Waals surface area contributed by atoms with Crippen LogP contribution in [-0.4, -0.2) is 53.2 Å². The van der Waals surface area contributed by atoms with Gasteiger partial charge in [-0.1, -0.05) is 19.7 Å². The van der Waals surface area contributed by atoms with Crippen LogP contribution in [0.15, 0.2) is 36.5 Å². The molecule has 0 unspecified atom stereocenters. The molecule has 0 saturated heterocycles. The van der Waals surface area contributed by atoms with Crippen LogP contribution in [0, 0.1) is 0 Å². The monoisotopic (exact) mass is 398 g/mol. The molecular weight excluding hydrogens is 368 g/mol. The molecular formula is C19H30O7Si. The maximum absolute atomic E-state index is 11.6. The fourth-order valence-corrected chi connectivity index (χ4v) is 4.82. The maximum Gasteiger partial charge on any atom is 0.333 e. The smallest absolute Gasteiger partial charge is 0.333 e. The van der Waals surface area contributed by atoms with Crippen LogP contribution >= 0.6 is 0 Å². The molecule has 0 atom stereocenters. The van der Waals surface area contributed by atoms with Crippen molar-refractivity contribution >= 4 is 26.2 Å². The zero-order chi connectivity index (χ0) is 21.0. The van der Waals surface area contributed by atoms with Crippen molar-refractivity contribution in [2.75, 3.05) is 26.9 Å². The largest absolute Gasteiger partial charge is 0.463 e. The second-order valence-electron chi connectivity index (χ2n) is 6.39. The molecule has 7 nitrogen and oxygen atoms in total. The number of carbonyl (C=O) groups excluding carboxylic acids is 3. The van der Waals surface area contributed by atoms with Gasteiger partial charge in [-0.15, -0.1) is 0 Å². The van der Waals surface area contributed by atoms with Crippen molar-refractivity contribution < 1.29 is 33.0 Å². The van der Waals surface area contributed by atoms with Crippen molar-refractivity contribution in [2.24, 2.45) is 0 Å². The molecule has 0 aliphatic heterocycles. The van der Waals surface area contributed by atoms with Crippen LogP contribution in [0.4, 0.5) is 0 Å². The van der Waals surface area contributed by atoms with Gasteiger partial charge >= 0.3 is 17.9 Å². The van der Waals surface area contributed by atoms with E-state index in [4.69, 9.17) is 18.6 Å². The van der Waals surface area contributed by atoms with E-state index < -0.39 is 26.2 Å². The quantitative estimate of drug-likeness (QED) is 0.204. The van der Waals surface area contributed by atoms with Gasteiger partial charge in [0, 0.05) is 42.0 Å². The molecule has 0 saturated carbocycles. The summed E-state index contributed by atoms with van der Waals surface area (Å²) in [5, 5.41) is 0. The molecule has 0 aromatic rings. The lowest BCUT2D eigenvalue weighted by Crippen LogP contribution is -2.41. The van der Waals surface area contributed by atoms with Crippen LogP contribution in [0.25, 0.3) is 0 Å². The summed E-state index contributed by atoms with van der Waals surface area (Å²) >= 11 is 0. The second kappa shape index (κ2) is 12.2. The average Bonchev–Trinajstić information content (AvgIpc) is 2.60. The van der Waals surface area contributed by atoms with Gasteiger partial charge in [0.2, 0.25) is 8.32 Å². The van der Waals surface area contributed by atoms with E-state index in [1.54, 1.807) is 27.9 Å². The number of rotatable bonds is 13. The third-order valence-electron chi connectivity index (χ3n) is 3.85. The van der Waals surface area contributed by atoms with E-state index in [9.17, 15) is 14.4 Å². The first kappa shape index (κ1) is 24.8. The van der Waals surface area contributed by atoms with Crippen molar-refractivity contribution in [1.82, 2.24) is 0 Å². The van der Waals surface area contributed by atoms with Crippen LogP contribution in [0.1, 0.15) is 20.8 Å². The fraction of sp³-hybridized carbons (Fsp3) is 0.526. The van der Waals surface area contributed by atoms with E-state index in [0.29, 0.717) is 34.9 Å². The summed E-state index contributed by atoms with van der Waals surface area (Å²) in [5.74, 6) is -1.43. The molecule has 0 rings (SSSR count). The molecule has 27 heavy (non-hydrogen) atoms. The number of hydrogen-bond acceptors (Lipinski definition) is 7. The molecule has 0 aliphatic rings. The number of ether oxygens (including phenoxy) is 3. The molecule has 0 aromatic carbocycles.